The molecule has 0 radical (unpaired) electrons. The Morgan fingerprint density at radius 3 is 2.48 bits per heavy atom. The van der Waals surface area contributed by atoms with E-state index in [1.807, 2.05) is 30.3 Å². The van der Waals surface area contributed by atoms with Crippen molar-refractivity contribution in [3.05, 3.63) is 65.7 Å². The van der Waals surface area contributed by atoms with Gasteiger partial charge in [-0.05, 0) is 42.5 Å². The number of nitrogens with two attached hydrogens (primary N) is 1. The molecule has 138 valence electrons. The monoisotopic (exact) mass is 381 g/mol. The van der Waals surface area contributed by atoms with Gasteiger partial charge >= 0.3 is 0 Å². The summed E-state index contributed by atoms with van der Waals surface area (Å²) < 4.78 is 21.3. The van der Waals surface area contributed by atoms with Gasteiger partial charge in [0.05, 0.1) is 18.1 Å². The first-order chi connectivity index (χ1) is 13.1. The fourth-order valence-electron chi connectivity index (χ4n) is 3.18. The maximum absolute atomic E-state index is 15.4. The van der Waals surface area contributed by atoms with Crippen LogP contribution in [0, 0.1) is 5.82 Å². The molecule has 1 aliphatic carbocycles. The van der Waals surface area contributed by atoms with Crippen LogP contribution in [-0.2, 0) is 6.61 Å². The summed E-state index contributed by atoms with van der Waals surface area (Å²) in [5, 5.41) is 0. The third kappa shape index (κ3) is 3.76. The van der Waals surface area contributed by atoms with Crippen molar-refractivity contribution in [3.8, 4) is 17.0 Å². The lowest BCUT2D eigenvalue weighted by atomic mass is 9.79. The average molecular weight is 381 g/mol. The van der Waals surface area contributed by atoms with Crippen LogP contribution in [0.2, 0.25) is 0 Å². The van der Waals surface area contributed by atoms with Crippen LogP contribution in [0.4, 0.5) is 10.2 Å². The van der Waals surface area contributed by atoms with Gasteiger partial charge in [-0.25, -0.2) is 9.37 Å². The lowest BCUT2D eigenvalue weighted by Gasteiger charge is -2.28. The lowest BCUT2D eigenvalue weighted by Crippen LogP contribution is -2.12. The number of benzene rings is 2. The number of thiol groups is 1. The maximum atomic E-state index is 15.4. The molecule has 1 aromatic heterocycles. The molecule has 0 atom stereocenters. The Morgan fingerprint density at radius 2 is 1.85 bits per heavy atom. The van der Waals surface area contributed by atoms with Crippen molar-refractivity contribution in [1.29, 1.82) is 0 Å². The van der Waals surface area contributed by atoms with Gasteiger partial charge in [0.25, 0.3) is 0 Å². The zero-order valence-corrected chi connectivity index (χ0v) is 15.6. The minimum Gasteiger partial charge on any atom is -0.486 e. The van der Waals surface area contributed by atoms with Crippen LogP contribution in [0.25, 0.3) is 11.3 Å². The minimum absolute atomic E-state index is 0.293. The summed E-state index contributed by atoms with van der Waals surface area (Å²) in [6.45, 7) is 0.293. The van der Waals surface area contributed by atoms with Gasteiger partial charge in [-0.15, -0.1) is 12.6 Å². The second-order valence-corrected chi connectivity index (χ2v) is 7.27. The summed E-state index contributed by atoms with van der Waals surface area (Å²) in [4.78, 5) is 9.09. The highest BCUT2D eigenvalue weighted by Crippen LogP contribution is 2.44. The van der Waals surface area contributed by atoms with Gasteiger partial charge in [0.1, 0.15) is 12.4 Å². The minimum atomic E-state index is -0.399. The van der Waals surface area contributed by atoms with Crippen molar-refractivity contribution in [3.63, 3.8) is 0 Å². The molecule has 4 nitrogen and oxygen atoms in total. The Bertz CT molecular complexity index is 941. The van der Waals surface area contributed by atoms with Crippen LogP contribution in [0.1, 0.15) is 36.3 Å². The zero-order chi connectivity index (χ0) is 18.8. The number of anilines is 1. The Kier molecular flexibility index (Phi) is 4.99. The number of nitrogens with zero attached hydrogens (tertiary/aromatic N) is 2. The molecule has 0 bridgehead atoms. The third-order valence-electron chi connectivity index (χ3n) is 4.94. The van der Waals surface area contributed by atoms with Crippen molar-refractivity contribution in [2.24, 2.45) is 0 Å². The Morgan fingerprint density at radius 1 is 1.07 bits per heavy atom. The average Bonchev–Trinajstić information content (AvgIpc) is 2.62. The molecule has 0 aliphatic heterocycles. The number of ether oxygens (including phenoxy) is 1. The highest BCUT2D eigenvalue weighted by Gasteiger charge is 2.27. The van der Waals surface area contributed by atoms with E-state index in [0.29, 0.717) is 35.3 Å². The van der Waals surface area contributed by atoms with Crippen molar-refractivity contribution < 1.29 is 9.13 Å². The van der Waals surface area contributed by atoms with Crippen LogP contribution in [0.3, 0.4) is 0 Å². The van der Waals surface area contributed by atoms with Crippen molar-refractivity contribution >= 4 is 18.4 Å². The number of aromatic nitrogens is 2. The Balaban J connectivity index is 1.68. The molecule has 4 rings (SSSR count). The fraction of sp³-hybridized carbons (Fsp3) is 0.238. The molecule has 1 aliphatic rings. The van der Waals surface area contributed by atoms with Crippen LogP contribution >= 0.6 is 12.6 Å². The number of hydrogen-bond acceptors (Lipinski definition) is 5. The normalized spacial score (nSPS) is 14.0. The Labute approximate surface area is 163 Å². The molecule has 0 saturated heterocycles. The standard InChI is InChI=1S/C21H20FN3OS/c22-20-17(18-10-25-19(23)11-24-18)9-8-16(14-2-1-3-14)21(20)26-12-13-4-6-15(27)7-5-13/h4-11,14,27H,1-3,12H2,(H2,23,25). The predicted molar refractivity (Wildman–Crippen MR) is 106 cm³/mol. The summed E-state index contributed by atoms with van der Waals surface area (Å²) in [6, 6.07) is 11.4. The van der Waals surface area contributed by atoms with E-state index in [1.165, 1.54) is 18.8 Å². The molecule has 27 heavy (non-hydrogen) atoms. The number of nitrogen functional groups attached to an aromatic ring is 1. The smallest absolute Gasteiger partial charge is 0.174 e. The van der Waals surface area contributed by atoms with Gasteiger partial charge in [0, 0.05) is 16.0 Å². The number of halogens is 1. The quantitative estimate of drug-likeness (QED) is 0.611. The van der Waals surface area contributed by atoms with E-state index in [9.17, 15) is 0 Å². The summed E-state index contributed by atoms with van der Waals surface area (Å²) in [5.41, 5.74) is 8.28. The van der Waals surface area contributed by atoms with E-state index in [2.05, 4.69) is 22.6 Å². The molecule has 0 spiro atoms. The van der Waals surface area contributed by atoms with E-state index in [0.717, 1.165) is 28.9 Å². The van der Waals surface area contributed by atoms with Crippen LogP contribution in [0.5, 0.6) is 5.75 Å². The predicted octanol–water partition coefficient (Wildman–Crippen LogP) is 5.00. The highest BCUT2D eigenvalue weighted by molar-refractivity contribution is 7.80. The second-order valence-electron chi connectivity index (χ2n) is 6.75. The first-order valence-corrected chi connectivity index (χ1v) is 9.37. The zero-order valence-electron chi connectivity index (χ0n) is 14.7. The molecule has 6 heteroatoms. The summed E-state index contributed by atoms with van der Waals surface area (Å²) in [6.07, 6.45) is 6.19. The van der Waals surface area contributed by atoms with E-state index in [4.69, 9.17) is 10.5 Å². The van der Waals surface area contributed by atoms with Crippen LogP contribution in [0.15, 0.2) is 53.7 Å². The molecule has 1 fully saturated rings. The molecular formula is C21H20FN3OS. The third-order valence-corrected chi connectivity index (χ3v) is 5.24. The van der Waals surface area contributed by atoms with Crippen molar-refractivity contribution in [2.75, 3.05) is 5.73 Å². The van der Waals surface area contributed by atoms with Gasteiger partial charge in [-0.1, -0.05) is 24.6 Å². The van der Waals surface area contributed by atoms with Gasteiger partial charge in [-0.3, -0.25) is 4.98 Å². The summed E-state index contributed by atoms with van der Waals surface area (Å²) >= 11 is 4.29. The van der Waals surface area contributed by atoms with Gasteiger partial charge in [-0.2, -0.15) is 0 Å². The second kappa shape index (κ2) is 7.56. The lowest BCUT2D eigenvalue weighted by molar-refractivity contribution is 0.278. The largest absolute Gasteiger partial charge is 0.486 e. The molecule has 2 aromatic carbocycles. The first kappa shape index (κ1) is 17.8. The highest BCUT2D eigenvalue weighted by atomic mass is 32.1. The number of rotatable bonds is 5. The van der Waals surface area contributed by atoms with Crippen molar-refractivity contribution in [1.82, 2.24) is 9.97 Å². The summed E-state index contributed by atoms with van der Waals surface area (Å²) in [5.74, 6) is 0.560. The molecule has 3 aromatic rings. The Hall–Kier alpha value is -2.60. The first-order valence-electron chi connectivity index (χ1n) is 8.93. The molecular weight excluding hydrogens is 361 g/mol. The van der Waals surface area contributed by atoms with E-state index >= 15 is 4.39 Å². The van der Waals surface area contributed by atoms with Crippen LogP contribution in [-0.4, -0.2) is 9.97 Å². The van der Waals surface area contributed by atoms with Gasteiger partial charge in [0.15, 0.2) is 11.6 Å². The van der Waals surface area contributed by atoms with Gasteiger partial charge in [0.2, 0.25) is 0 Å². The maximum Gasteiger partial charge on any atom is 0.174 e. The topological polar surface area (TPSA) is 61.0 Å². The summed E-state index contributed by atoms with van der Waals surface area (Å²) in [7, 11) is 0. The molecule has 1 saturated carbocycles. The van der Waals surface area contributed by atoms with Gasteiger partial charge < -0.3 is 10.5 Å². The van der Waals surface area contributed by atoms with E-state index in [1.54, 1.807) is 6.07 Å². The molecule has 0 amide bonds. The molecule has 0 unspecified atom stereocenters. The molecule has 1 heterocycles. The SMILES string of the molecule is Nc1cnc(-c2ccc(C3CCC3)c(OCc3ccc(S)cc3)c2F)cn1. The van der Waals surface area contributed by atoms with Crippen LogP contribution < -0.4 is 10.5 Å². The van der Waals surface area contributed by atoms with E-state index in [-0.39, 0.29) is 0 Å². The molecule has 2 N–H and O–H groups in total. The van der Waals surface area contributed by atoms with E-state index < -0.39 is 5.82 Å². The number of hydrogen-bond donors (Lipinski definition) is 2. The fourth-order valence-corrected chi connectivity index (χ4v) is 3.33. The van der Waals surface area contributed by atoms with Crippen molar-refractivity contribution in [2.45, 2.75) is 36.7 Å².